The number of ether oxygens (including phenoxy) is 1. The van der Waals surface area contributed by atoms with E-state index in [1.165, 1.54) is 12.3 Å². The fourth-order valence-corrected chi connectivity index (χ4v) is 4.62. The van der Waals surface area contributed by atoms with Crippen molar-refractivity contribution in [1.29, 1.82) is 0 Å². The van der Waals surface area contributed by atoms with Crippen LogP contribution in [0.4, 0.5) is 5.82 Å². The third-order valence-corrected chi connectivity index (χ3v) is 6.66. The van der Waals surface area contributed by atoms with Crippen LogP contribution in [-0.4, -0.2) is 88.4 Å². The second kappa shape index (κ2) is 11.5. The minimum atomic E-state index is -5.51. The Kier molecular flexibility index (Phi) is 10.7. The van der Waals surface area contributed by atoms with E-state index in [1.54, 1.807) is 21.1 Å². The molecule has 5 unspecified atom stereocenters. The second-order valence-electron chi connectivity index (χ2n) is 7.73. The van der Waals surface area contributed by atoms with Gasteiger partial charge in [-0.25, -0.2) is 13.7 Å². The maximum atomic E-state index is 12.6. The summed E-state index contributed by atoms with van der Waals surface area (Å²) in [5.74, 6) is -0.0654. The molecular weight excluding hydrogens is 485 g/mol. The van der Waals surface area contributed by atoms with E-state index in [9.17, 15) is 29.0 Å². The summed E-state index contributed by atoms with van der Waals surface area (Å²) in [7, 11) is -4.98. The number of nitrogen functional groups attached to an aromatic ring is 1. The molecule has 0 radical (unpaired) electrons. The van der Waals surface area contributed by atoms with Crippen LogP contribution in [-0.2, 0) is 27.2 Å². The number of rotatable bonds is 10. The molecule has 0 aliphatic carbocycles. The van der Waals surface area contributed by atoms with Crippen LogP contribution in [0.5, 0.6) is 0 Å². The van der Waals surface area contributed by atoms with Gasteiger partial charge < -0.3 is 35.0 Å². The van der Waals surface area contributed by atoms with Gasteiger partial charge in [0.05, 0.1) is 27.7 Å². The maximum absolute atomic E-state index is 12.6. The first-order valence-corrected chi connectivity index (χ1v) is 11.9. The molecule has 15 nitrogen and oxygen atoms in total. The van der Waals surface area contributed by atoms with Crippen LogP contribution in [0.1, 0.15) is 6.23 Å². The van der Waals surface area contributed by atoms with Crippen LogP contribution >= 0.6 is 15.6 Å². The normalized spacial score (nSPS) is 27.3. The molecule has 1 aliphatic heterocycles. The number of hydrogen-bond acceptors (Lipinski definition) is 12. The van der Waals surface area contributed by atoms with Gasteiger partial charge in [-0.1, -0.05) is 0 Å². The van der Waals surface area contributed by atoms with Crippen molar-refractivity contribution < 1.29 is 81.3 Å². The molecule has 32 heavy (non-hydrogen) atoms. The first-order valence-electron chi connectivity index (χ1n) is 8.91. The van der Waals surface area contributed by atoms with Crippen LogP contribution in [0.2, 0.25) is 0 Å². The fourth-order valence-electron chi connectivity index (χ4n) is 2.52. The van der Waals surface area contributed by atoms with E-state index >= 15 is 0 Å². The van der Waals surface area contributed by atoms with Crippen molar-refractivity contribution >= 4 is 21.5 Å². The maximum Gasteiger partial charge on any atom is 1.00 e. The van der Waals surface area contributed by atoms with Crippen molar-refractivity contribution in [3.63, 3.8) is 0 Å². The Bertz CT molecular complexity index is 921. The first-order chi connectivity index (χ1) is 14.1. The van der Waals surface area contributed by atoms with E-state index in [1.807, 2.05) is 0 Å². The van der Waals surface area contributed by atoms with Crippen LogP contribution in [0.3, 0.4) is 0 Å². The Morgan fingerprint density at radius 2 is 1.91 bits per heavy atom. The number of phosphoric acid groups is 2. The number of phosphoric ester groups is 1. The van der Waals surface area contributed by atoms with Gasteiger partial charge in [-0.05, 0) is 6.07 Å². The molecule has 1 saturated heterocycles. The number of quaternary nitrogens is 1. The van der Waals surface area contributed by atoms with E-state index in [4.69, 9.17) is 24.4 Å². The van der Waals surface area contributed by atoms with E-state index in [0.29, 0.717) is 4.48 Å². The number of anilines is 1. The minimum Gasteiger partial charge on any atom is -0.756 e. The second-order valence-corrected chi connectivity index (χ2v) is 10.7. The summed E-state index contributed by atoms with van der Waals surface area (Å²) >= 11 is 0. The van der Waals surface area contributed by atoms with E-state index in [0.717, 1.165) is 4.57 Å². The summed E-state index contributed by atoms with van der Waals surface area (Å²) in [5.41, 5.74) is 4.54. The molecule has 0 amide bonds. The van der Waals surface area contributed by atoms with Crippen molar-refractivity contribution in [3.8, 4) is 0 Å². The zero-order valence-electron chi connectivity index (χ0n) is 18.0. The van der Waals surface area contributed by atoms with Crippen molar-refractivity contribution in [1.82, 2.24) is 9.55 Å². The summed E-state index contributed by atoms with van der Waals surface area (Å²) < 4.78 is 44.3. The number of aliphatic hydroxyl groups is 2. The average molecular weight is 511 g/mol. The molecule has 5 N–H and O–H groups in total. The van der Waals surface area contributed by atoms with Gasteiger partial charge in [0.1, 0.15) is 37.3 Å². The Morgan fingerprint density at radius 3 is 2.44 bits per heavy atom. The van der Waals surface area contributed by atoms with Crippen molar-refractivity contribution in [3.05, 3.63) is 22.7 Å². The Hall–Kier alpha value is -0.220. The van der Waals surface area contributed by atoms with Crippen LogP contribution < -0.4 is 45.9 Å². The third-order valence-electron chi connectivity index (χ3n) is 4.07. The molecule has 18 heteroatoms. The number of hydrogen-bond donors (Lipinski definition) is 4. The smallest absolute Gasteiger partial charge is 0.756 e. The molecule has 0 spiro atoms. The average Bonchev–Trinajstić information content (AvgIpc) is 2.86. The molecule has 2 heterocycles. The van der Waals surface area contributed by atoms with Gasteiger partial charge in [0.25, 0.3) is 7.82 Å². The van der Waals surface area contributed by atoms with Crippen molar-refractivity contribution in [2.45, 2.75) is 24.5 Å². The molecule has 1 fully saturated rings. The summed E-state index contributed by atoms with van der Waals surface area (Å²) in [6.07, 6.45) is -4.79. The monoisotopic (exact) mass is 511 g/mol. The molecule has 0 saturated carbocycles. The van der Waals surface area contributed by atoms with Crippen LogP contribution in [0.25, 0.3) is 0 Å². The zero-order chi connectivity index (χ0) is 23.6. The summed E-state index contributed by atoms with van der Waals surface area (Å²) in [5, 5.41) is 20.4. The Labute approximate surface area is 205 Å². The largest absolute Gasteiger partial charge is 1.00 e. The first kappa shape index (κ1) is 29.8. The molecule has 1 aromatic heterocycles. The van der Waals surface area contributed by atoms with Crippen LogP contribution in [0, 0.1) is 0 Å². The SMILES string of the molecule is C[N+](C)(C)CCOP(=O)(OCC1OC(n2ccc(N)nc2=O)C(O)[C@@H]1O)OP(=O)([O-])O.[Na+]. The minimum absolute atomic E-state index is 0. The quantitative estimate of drug-likeness (QED) is 0.131. The van der Waals surface area contributed by atoms with E-state index in [2.05, 4.69) is 9.29 Å². The molecule has 1 aliphatic rings. The van der Waals surface area contributed by atoms with Crippen molar-refractivity contribution in [2.75, 3.05) is 46.6 Å². The van der Waals surface area contributed by atoms with Gasteiger partial charge in [-0.15, -0.1) is 0 Å². The van der Waals surface area contributed by atoms with Gasteiger partial charge in [0.15, 0.2) is 6.23 Å². The van der Waals surface area contributed by atoms with Gasteiger partial charge in [-0.2, -0.15) is 4.98 Å². The number of aromatic nitrogens is 2. The Balaban J connectivity index is 0.00000512. The van der Waals surface area contributed by atoms with Gasteiger partial charge in [0, 0.05) is 6.20 Å². The molecule has 1 aromatic rings. The summed E-state index contributed by atoms with van der Waals surface area (Å²) in [4.78, 5) is 35.4. The zero-order valence-corrected chi connectivity index (χ0v) is 21.8. The predicted molar refractivity (Wildman–Crippen MR) is 102 cm³/mol. The standard InChI is InChI=1S/C14H26N4O11P2.Na/c1-18(2,3)6-7-26-31(25,29-30(22,23)24)27-8-9-11(19)12(20)13(28-9)17-5-4-10(15)16-14(17)21;/h4-5,9,11-13,19-20H,6-8H2,1-3H3,(H3-,15,16,21,22,23,24);/q;+1/t9?,11-,12?,13?,31?;/m1./s1. The third kappa shape index (κ3) is 8.85. The van der Waals surface area contributed by atoms with E-state index < -0.39 is 52.5 Å². The molecule has 0 aromatic carbocycles. The predicted octanol–water partition coefficient (Wildman–Crippen LogP) is -5.23. The Morgan fingerprint density at radius 1 is 1.28 bits per heavy atom. The molecule has 6 atom stereocenters. The fraction of sp³-hybridized carbons (Fsp3) is 0.714. The number of aliphatic hydroxyl groups excluding tert-OH is 2. The molecule has 178 valence electrons. The molecule has 0 bridgehead atoms. The summed E-state index contributed by atoms with van der Waals surface area (Å²) in [6.45, 7) is -0.748. The summed E-state index contributed by atoms with van der Waals surface area (Å²) in [6, 6.07) is 1.27. The van der Waals surface area contributed by atoms with Crippen molar-refractivity contribution in [2.24, 2.45) is 0 Å². The van der Waals surface area contributed by atoms with Gasteiger partial charge in [0.2, 0.25) is 0 Å². The van der Waals surface area contributed by atoms with Gasteiger partial charge >= 0.3 is 43.1 Å². The molecular formula is C14H26N4NaO11P2+. The van der Waals surface area contributed by atoms with E-state index in [-0.39, 0.29) is 48.5 Å². The topological polar surface area (TPSA) is 216 Å². The number of nitrogens with two attached hydrogens (primary N) is 1. The number of nitrogens with zero attached hydrogens (tertiary/aromatic N) is 3. The molecule has 2 rings (SSSR count). The number of likely N-dealkylation sites (N-methyl/N-ethyl adjacent to an activating group) is 1. The van der Waals surface area contributed by atoms with Crippen LogP contribution in [0.15, 0.2) is 17.1 Å². The van der Waals surface area contributed by atoms with Gasteiger partial charge in [-0.3, -0.25) is 18.2 Å².